The lowest BCUT2D eigenvalue weighted by Crippen LogP contribution is -2.48. The highest BCUT2D eigenvalue weighted by Gasteiger charge is 2.30. The molecule has 0 amide bonds. The second-order valence-corrected chi connectivity index (χ2v) is 8.43. The number of hydrogen-bond acceptors (Lipinski definition) is 3. The summed E-state index contributed by atoms with van der Waals surface area (Å²) in [7, 11) is -3.54. The number of hydrogen-bond donors (Lipinski definition) is 0. The van der Waals surface area contributed by atoms with Crippen LogP contribution in [-0.4, -0.2) is 38.9 Å². The Hall–Kier alpha value is -1.56. The third-order valence-electron chi connectivity index (χ3n) is 4.39. The first-order valence-electron chi connectivity index (χ1n) is 7.96. The zero-order chi connectivity index (χ0) is 17.3. The van der Waals surface area contributed by atoms with E-state index in [1.165, 1.54) is 21.1 Å². The Bertz CT molecular complexity index is 844. The van der Waals surface area contributed by atoms with Crippen LogP contribution in [-0.2, 0) is 10.0 Å². The lowest BCUT2D eigenvalue weighted by molar-refractivity contribution is 0.385. The SMILES string of the molecule is Cc1ccc(N2CCN(S(=O)(=O)c3ccccc3Cl)CC2)c(C)c1. The molecule has 0 unspecified atom stereocenters. The van der Waals surface area contributed by atoms with Crippen molar-refractivity contribution in [2.75, 3.05) is 31.1 Å². The van der Waals surface area contributed by atoms with Crippen LogP contribution in [0.1, 0.15) is 11.1 Å². The van der Waals surface area contributed by atoms with Crippen LogP contribution in [0.15, 0.2) is 47.4 Å². The number of piperazine rings is 1. The van der Waals surface area contributed by atoms with Gasteiger partial charge in [-0.05, 0) is 37.6 Å². The molecule has 0 spiro atoms. The van der Waals surface area contributed by atoms with Gasteiger partial charge in [-0.25, -0.2) is 8.42 Å². The molecular formula is C18H21ClN2O2S. The number of sulfonamides is 1. The molecule has 128 valence electrons. The minimum absolute atomic E-state index is 0.187. The standard InChI is InChI=1S/C18H21ClN2O2S/c1-14-7-8-17(15(2)13-14)20-9-11-21(12-10-20)24(22,23)18-6-4-3-5-16(18)19/h3-8,13H,9-12H2,1-2H3. The average molecular weight is 365 g/mol. The van der Waals surface area contributed by atoms with Gasteiger partial charge in [-0.3, -0.25) is 0 Å². The molecule has 4 nitrogen and oxygen atoms in total. The average Bonchev–Trinajstić information content (AvgIpc) is 2.55. The molecule has 1 heterocycles. The van der Waals surface area contributed by atoms with Crippen molar-refractivity contribution < 1.29 is 8.42 Å². The molecule has 0 saturated carbocycles. The molecule has 2 aromatic carbocycles. The van der Waals surface area contributed by atoms with Crippen LogP contribution >= 0.6 is 11.6 Å². The first-order chi connectivity index (χ1) is 11.4. The fraction of sp³-hybridized carbons (Fsp3) is 0.333. The Morgan fingerprint density at radius 2 is 1.62 bits per heavy atom. The molecule has 1 aliphatic heterocycles. The van der Waals surface area contributed by atoms with Crippen molar-refractivity contribution in [1.82, 2.24) is 4.31 Å². The molecule has 2 aromatic rings. The second-order valence-electron chi connectivity index (χ2n) is 6.11. The fourth-order valence-corrected chi connectivity index (χ4v) is 5.04. The third kappa shape index (κ3) is 3.29. The van der Waals surface area contributed by atoms with Gasteiger partial charge in [-0.2, -0.15) is 4.31 Å². The maximum Gasteiger partial charge on any atom is 0.244 e. The first-order valence-corrected chi connectivity index (χ1v) is 9.78. The molecule has 1 saturated heterocycles. The van der Waals surface area contributed by atoms with Crippen molar-refractivity contribution in [2.45, 2.75) is 18.7 Å². The van der Waals surface area contributed by atoms with E-state index in [9.17, 15) is 8.42 Å². The van der Waals surface area contributed by atoms with E-state index < -0.39 is 10.0 Å². The number of rotatable bonds is 3. The van der Waals surface area contributed by atoms with Crippen molar-refractivity contribution in [1.29, 1.82) is 0 Å². The van der Waals surface area contributed by atoms with E-state index in [-0.39, 0.29) is 9.92 Å². The van der Waals surface area contributed by atoms with Crippen molar-refractivity contribution in [3.05, 3.63) is 58.6 Å². The Morgan fingerprint density at radius 1 is 0.958 bits per heavy atom. The van der Waals surface area contributed by atoms with Crippen LogP contribution in [0, 0.1) is 13.8 Å². The Morgan fingerprint density at radius 3 is 2.25 bits per heavy atom. The Balaban J connectivity index is 1.76. The van der Waals surface area contributed by atoms with E-state index in [1.54, 1.807) is 24.3 Å². The predicted molar refractivity (Wildman–Crippen MR) is 98.3 cm³/mol. The van der Waals surface area contributed by atoms with Crippen molar-refractivity contribution in [3.63, 3.8) is 0 Å². The van der Waals surface area contributed by atoms with Crippen LogP contribution in [0.2, 0.25) is 5.02 Å². The predicted octanol–water partition coefficient (Wildman–Crippen LogP) is 3.47. The Labute approximate surface area is 148 Å². The van der Waals surface area contributed by atoms with Crippen LogP contribution in [0.3, 0.4) is 0 Å². The molecule has 1 fully saturated rings. The van der Waals surface area contributed by atoms with Gasteiger partial charge in [-0.15, -0.1) is 0 Å². The van der Waals surface area contributed by atoms with Gasteiger partial charge in [0.05, 0.1) is 5.02 Å². The number of halogens is 1. The van der Waals surface area contributed by atoms with Gasteiger partial charge in [0, 0.05) is 31.9 Å². The van der Waals surface area contributed by atoms with Crippen LogP contribution in [0.4, 0.5) is 5.69 Å². The summed E-state index contributed by atoms with van der Waals surface area (Å²) in [5.74, 6) is 0. The largest absolute Gasteiger partial charge is 0.369 e. The summed E-state index contributed by atoms with van der Waals surface area (Å²) in [5.41, 5.74) is 3.63. The third-order valence-corrected chi connectivity index (χ3v) is 6.78. The molecule has 0 atom stereocenters. The highest BCUT2D eigenvalue weighted by atomic mass is 35.5. The molecule has 0 N–H and O–H groups in total. The fourth-order valence-electron chi connectivity index (χ4n) is 3.12. The highest BCUT2D eigenvalue weighted by Crippen LogP contribution is 2.27. The van der Waals surface area contributed by atoms with Crippen LogP contribution in [0.25, 0.3) is 0 Å². The van der Waals surface area contributed by atoms with Gasteiger partial charge in [-0.1, -0.05) is 41.4 Å². The van der Waals surface area contributed by atoms with Gasteiger partial charge in [0.2, 0.25) is 10.0 Å². The maximum atomic E-state index is 12.8. The van der Waals surface area contributed by atoms with Crippen LogP contribution < -0.4 is 4.90 Å². The number of nitrogens with zero attached hydrogens (tertiary/aromatic N) is 2. The number of benzene rings is 2. The second kappa shape index (κ2) is 6.75. The van der Waals surface area contributed by atoms with Crippen LogP contribution in [0.5, 0.6) is 0 Å². The number of anilines is 1. The van der Waals surface area contributed by atoms with E-state index >= 15 is 0 Å². The van der Waals surface area contributed by atoms with Crippen molar-refractivity contribution >= 4 is 27.3 Å². The summed E-state index contributed by atoms with van der Waals surface area (Å²) in [5, 5.41) is 0.273. The van der Waals surface area contributed by atoms with E-state index in [4.69, 9.17) is 11.6 Å². The molecule has 1 aliphatic rings. The summed E-state index contributed by atoms with van der Waals surface area (Å²) in [6.07, 6.45) is 0. The summed E-state index contributed by atoms with van der Waals surface area (Å²) < 4.78 is 27.1. The minimum atomic E-state index is -3.54. The zero-order valence-corrected chi connectivity index (χ0v) is 15.4. The van der Waals surface area contributed by atoms with Gasteiger partial charge < -0.3 is 4.90 Å². The number of aryl methyl sites for hydroxylation is 2. The quantitative estimate of drug-likeness (QED) is 0.837. The van der Waals surface area contributed by atoms with Gasteiger partial charge in [0.15, 0.2) is 0 Å². The normalized spacial score (nSPS) is 16.4. The summed E-state index contributed by atoms with van der Waals surface area (Å²) >= 11 is 6.07. The lowest BCUT2D eigenvalue weighted by Gasteiger charge is -2.36. The van der Waals surface area contributed by atoms with E-state index in [0.717, 1.165) is 0 Å². The smallest absolute Gasteiger partial charge is 0.244 e. The summed E-state index contributed by atoms with van der Waals surface area (Å²) in [6.45, 7) is 6.43. The van der Waals surface area contributed by atoms with E-state index in [2.05, 4.69) is 36.9 Å². The van der Waals surface area contributed by atoms with E-state index in [0.29, 0.717) is 26.2 Å². The highest BCUT2D eigenvalue weighted by molar-refractivity contribution is 7.89. The lowest BCUT2D eigenvalue weighted by atomic mass is 10.1. The molecule has 0 radical (unpaired) electrons. The molecule has 0 aromatic heterocycles. The molecule has 3 rings (SSSR count). The minimum Gasteiger partial charge on any atom is -0.369 e. The zero-order valence-electron chi connectivity index (χ0n) is 13.9. The maximum absolute atomic E-state index is 12.8. The van der Waals surface area contributed by atoms with Gasteiger partial charge in [0.1, 0.15) is 4.90 Å². The topological polar surface area (TPSA) is 40.6 Å². The van der Waals surface area contributed by atoms with Gasteiger partial charge in [0.25, 0.3) is 0 Å². The van der Waals surface area contributed by atoms with E-state index in [1.807, 2.05) is 0 Å². The van der Waals surface area contributed by atoms with Crippen molar-refractivity contribution in [3.8, 4) is 0 Å². The molecule has 24 heavy (non-hydrogen) atoms. The molecule has 6 heteroatoms. The first kappa shape index (κ1) is 17.3. The van der Waals surface area contributed by atoms with Gasteiger partial charge >= 0.3 is 0 Å². The Kier molecular flexibility index (Phi) is 4.85. The van der Waals surface area contributed by atoms with Crippen molar-refractivity contribution in [2.24, 2.45) is 0 Å². The summed E-state index contributed by atoms with van der Waals surface area (Å²) in [4.78, 5) is 2.43. The monoisotopic (exact) mass is 364 g/mol. The molecule has 0 bridgehead atoms. The summed E-state index contributed by atoms with van der Waals surface area (Å²) in [6, 6.07) is 13.0. The molecule has 0 aliphatic carbocycles. The molecular weight excluding hydrogens is 344 g/mol.